The van der Waals surface area contributed by atoms with E-state index >= 15 is 0 Å². The molecule has 0 atom stereocenters. The summed E-state index contributed by atoms with van der Waals surface area (Å²) in [7, 11) is -2.95. The Hall–Kier alpha value is -0.570. The topological polar surface area (TPSA) is 43.4 Å². The second-order valence-corrected chi connectivity index (χ2v) is 6.96. The predicted molar refractivity (Wildman–Crippen MR) is 65.1 cm³/mol. The standard InChI is InChI=1S/C12H20O3S/c1-4-11(2)9-12(10-16(3,13)14)5-7-15-8-6-12/h1,5-10H2,2-3H3. The van der Waals surface area contributed by atoms with E-state index in [-0.39, 0.29) is 11.2 Å². The average molecular weight is 244 g/mol. The van der Waals surface area contributed by atoms with Crippen molar-refractivity contribution in [2.24, 2.45) is 5.41 Å². The zero-order valence-electron chi connectivity index (χ0n) is 10.1. The molecule has 0 saturated carbocycles. The Morgan fingerprint density at radius 1 is 1.44 bits per heavy atom. The number of hydrogen-bond acceptors (Lipinski definition) is 3. The summed E-state index contributed by atoms with van der Waals surface area (Å²) in [5, 5.41) is 0. The lowest BCUT2D eigenvalue weighted by molar-refractivity contribution is 0.0258. The molecule has 1 fully saturated rings. The third-order valence-corrected chi connectivity index (χ3v) is 4.20. The monoisotopic (exact) mass is 244 g/mol. The van der Waals surface area contributed by atoms with Crippen molar-refractivity contribution in [3.63, 3.8) is 0 Å². The summed E-state index contributed by atoms with van der Waals surface area (Å²) in [5.41, 5.74) is 3.72. The second-order valence-electron chi connectivity index (χ2n) is 4.82. The molecule has 0 bridgehead atoms. The Morgan fingerprint density at radius 3 is 2.44 bits per heavy atom. The van der Waals surface area contributed by atoms with Gasteiger partial charge in [-0.2, -0.15) is 0 Å². The zero-order chi connectivity index (χ0) is 12.2. The molecule has 0 N–H and O–H groups in total. The quantitative estimate of drug-likeness (QED) is 0.710. The molecule has 4 heteroatoms. The molecule has 0 aromatic carbocycles. The van der Waals surface area contributed by atoms with Crippen molar-refractivity contribution in [1.29, 1.82) is 0 Å². The van der Waals surface area contributed by atoms with Gasteiger partial charge in [-0.05, 0) is 37.2 Å². The van der Waals surface area contributed by atoms with Crippen LogP contribution < -0.4 is 0 Å². The van der Waals surface area contributed by atoms with Crippen LogP contribution in [0.1, 0.15) is 26.2 Å². The molecule has 0 aliphatic carbocycles. The molecule has 0 radical (unpaired) electrons. The van der Waals surface area contributed by atoms with Gasteiger partial charge in [-0.3, -0.25) is 0 Å². The molecule has 0 unspecified atom stereocenters. The van der Waals surface area contributed by atoms with E-state index in [1.807, 2.05) is 6.92 Å². The summed E-state index contributed by atoms with van der Waals surface area (Å²) < 4.78 is 28.3. The van der Waals surface area contributed by atoms with Crippen LogP contribution in [-0.4, -0.2) is 33.6 Å². The molecule has 1 rings (SSSR count). The highest BCUT2D eigenvalue weighted by atomic mass is 32.2. The number of ether oxygens (including phenoxy) is 1. The summed E-state index contributed by atoms with van der Waals surface area (Å²) in [6.45, 7) is 6.87. The lowest BCUT2D eigenvalue weighted by atomic mass is 9.77. The maximum Gasteiger partial charge on any atom is 0.148 e. The number of sulfone groups is 1. The van der Waals surface area contributed by atoms with Gasteiger partial charge >= 0.3 is 0 Å². The molecule has 3 nitrogen and oxygen atoms in total. The van der Waals surface area contributed by atoms with Crippen LogP contribution >= 0.6 is 0 Å². The number of allylic oxidation sites excluding steroid dienone is 1. The largest absolute Gasteiger partial charge is 0.381 e. The Kier molecular flexibility index (Phi) is 4.36. The highest BCUT2D eigenvalue weighted by Gasteiger charge is 2.35. The van der Waals surface area contributed by atoms with Gasteiger partial charge in [-0.1, -0.05) is 6.58 Å². The molecule has 0 amide bonds. The Balaban J connectivity index is 2.87. The lowest BCUT2D eigenvalue weighted by Crippen LogP contribution is -2.36. The van der Waals surface area contributed by atoms with Crippen molar-refractivity contribution in [1.82, 2.24) is 0 Å². The molecule has 1 aliphatic rings. The summed E-state index contributed by atoms with van der Waals surface area (Å²) >= 11 is 0. The van der Waals surface area contributed by atoms with Gasteiger partial charge in [0, 0.05) is 19.5 Å². The molecule has 1 aliphatic heterocycles. The van der Waals surface area contributed by atoms with Gasteiger partial charge in [0.2, 0.25) is 0 Å². The van der Waals surface area contributed by atoms with E-state index in [4.69, 9.17) is 4.74 Å². The first-order valence-electron chi connectivity index (χ1n) is 5.48. The van der Waals surface area contributed by atoms with E-state index in [2.05, 4.69) is 12.3 Å². The fraction of sp³-hybridized carbons (Fsp3) is 0.750. The van der Waals surface area contributed by atoms with Gasteiger partial charge in [0.25, 0.3) is 0 Å². The van der Waals surface area contributed by atoms with Crippen LogP contribution in [0.4, 0.5) is 0 Å². The van der Waals surface area contributed by atoms with E-state index in [1.54, 1.807) is 0 Å². The number of rotatable bonds is 4. The normalized spacial score (nSPS) is 20.1. The van der Waals surface area contributed by atoms with Crippen molar-refractivity contribution in [2.45, 2.75) is 26.2 Å². The van der Waals surface area contributed by atoms with Crippen molar-refractivity contribution in [2.75, 3.05) is 25.2 Å². The van der Waals surface area contributed by atoms with Gasteiger partial charge in [-0.25, -0.2) is 8.42 Å². The molecular formula is C12H20O3S. The zero-order valence-corrected chi connectivity index (χ0v) is 10.9. The maximum absolute atomic E-state index is 11.5. The average Bonchev–Trinajstić information content (AvgIpc) is 2.15. The van der Waals surface area contributed by atoms with Crippen LogP contribution in [0.3, 0.4) is 0 Å². The molecule has 0 spiro atoms. The third kappa shape index (κ3) is 4.12. The van der Waals surface area contributed by atoms with Gasteiger partial charge in [0.05, 0.1) is 5.75 Å². The summed E-state index contributed by atoms with van der Waals surface area (Å²) in [6.07, 6.45) is 3.67. The summed E-state index contributed by atoms with van der Waals surface area (Å²) in [6, 6.07) is 0. The Bertz CT molecular complexity index is 382. The smallest absolute Gasteiger partial charge is 0.148 e. The lowest BCUT2D eigenvalue weighted by Gasteiger charge is -2.36. The van der Waals surface area contributed by atoms with E-state index < -0.39 is 9.84 Å². The first-order valence-corrected chi connectivity index (χ1v) is 7.54. The molecule has 92 valence electrons. The molecule has 1 saturated heterocycles. The van der Waals surface area contributed by atoms with Gasteiger partial charge in [0.15, 0.2) is 0 Å². The van der Waals surface area contributed by atoms with Crippen LogP contribution in [0.5, 0.6) is 0 Å². The highest BCUT2D eigenvalue weighted by Crippen LogP contribution is 2.37. The highest BCUT2D eigenvalue weighted by molar-refractivity contribution is 7.90. The minimum absolute atomic E-state index is 0.166. The Morgan fingerprint density at radius 2 is 2.00 bits per heavy atom. The molecule has 1 heterocycles. The minimum Gasteiger partial charge on any atom is -0.381 e. The van der Waals surface area contributed by atoms with E-state index in [0.29, 0.717) is 13.2 Å². The van der Waals surface area contributed by atoms with Crippen LogP contribution in [-0.2, 0) is 14.6 Å². The van der Waals surface area contributed by atoms with Crippen LogP contribution in [0.15, 0.2) is 17.9 Å². The van der Waals surface area contributed by atoms with Gasteiger partial charge in [0.1, 0.15) is 9.84 Å². The fourth-order valence-electron chi connectivity index (χ4n) is 2.36. The second kappa shape index (κ2) is 5.17. The van der Waals surface area contributed by atoms with Gasteiger partial charge in [-0.15, -0.1) is 5.73 Å². The van der Waals surface area contributed by atoms with Crippen LogP contribution in [0.2, 0.25) is 0 Å². The van der Waals surface area contributed by atoms with Crippen molar-refractivity contribution in [3.05, 3.63) is 17.9 Å². The van der Waals surface area contributed by atoms with E-state index in [0.717, 1.165) is 24.8 Å². The summed E-state index contributed by atoms with van der Waals surface area (Å²) in [5.74, 6) is 0.238. The number of hydrogen-bond donors (Lipinski definition) is 0. The molecule has 0 aromatic heterocycles. The summed E-state index contributed by atoms with van der Waals surface area (Å²) in [4.78, 5) is 0. The first-order chi connectivity index (χ1) is 7.37. The van der Waals surface area contributed by atoms with Crippen molar-refractivity contribution >= 4 is 9.84 Å². The molecule has 0 aromatic rings. The van der Waals surface area contributed by atoms with Crippen LogP contribution in [0, 0.1) is 5.41 Å². The fourth-order valence-corrected chi connectivity index (χ4v) is 3.86. The predicted octanol–water partition coefficient (Wildman–Crippen LogP) is 1.95. The SMILES string of the molecule is C=C=C(C)CC1(CS(C)(=O)=O)CCOCC1. The van der Waals surface area contributed by atoms with Crippen molar-refractivity contribution in [3.8, 4) is 0 Å². The van der Waals surface area contributed by atoms with Gasteiger partial charge < -0.3 is 4.74 Å². The van der Waals surface area contributed by atoms with E-state index in [9.17, 15) is 8.42 Å². The first kappa shape index (κ1) is 13.5. The van der Waals surface area contributed by atoms with E-state index in [1.165, 1.54) is 6.26 Å². The minimum atomic E-state index is -2.95. The maximum atomic E-state index is 11.5. The molecule has 16 heavy (non-hydrogen) atoms. The van der Waals surface area contributed by atoms with Crippen molar-refractivity contribution < 1.29 is 13.2 Å². The van der Waals surface area contributed by atoms with Crippen LogP contribution in [0.25, 0.3) is 0 Å². The Labute approximate surface area is 98.1 Å². The third-order valence-electron chi connectivity index (χ3n) is 3.06. The molecular weight excluding hydrogens is 224 g/mol.